The molecule has 0 bridgehead atoms. The van der Waals surface area contributed by atoms with Crippen molar-refractivity contribution < 1.29 is 19.1 Å². The Kier molecular flexibility index (Phi) is 5.72. The molecule has 0 saturated carbocycles. The van der Waals surface area contributed by atoms with Crippen molar-refractivity contribution in [2.24, 2.45) is 5.92 Å². The van der Waals surface area contributed by atoms with E-state index in [9.17, 15) is 14.7 Å². The molecule has 1 N–H and O–H groups in total. The summed E-state index contributed by atoms with van der Waals surface area (Å²) in [5.41, 5.74) is 0. The zero-order chi connectivity index (χ0) is 20.4. The minimum absolute atomic E-state index is 0.190. The highest BCUT2D eigenvalue weighted by atomic mass is 28.4. The van der Waals surface area contributed by atoms with Gasteiger partial charge in [-0.25, -0.2) is 4.79 Å². The van der Waals surface area contributed by atoms with Crippen molar-refractivity contribution in [3.63, 3.8) is 0 Å². The van der Waals surface area contributed by atoms with Gasteiger partial charge in [0.1, 0.15) is 6.29 Å². The van der Waals surface area contributed by atoms with Crippen LogP contribution in [0.1, 0.15) is 20.8 Å². The molecule has 2 aromatic rings. The molecule has 3 rings (SSSR count). The van der Waals surface area contributed by atoms with Crippen LogP contribution in [-0.2, 0) is 9.22 Å². The number of carboxylic acid groups (broad SMARTS) is 1. The molecule has 5 nitrogen and oxygen atoms in total. The molecule has 0 spiro atoms. The molecule has 1 aliphatic rings. The quantitative estimate of drug-likeness (QED) is 0.601. The van der Waals surface area contributed by atoms with Gasteiger partial charge in [0.15, 0.2) is 0 Å². The summed E-state index contributed by atoms with van der Waals surface area (Å²) in [6.45, 7) is 6.97. The van der Waals surface area contributed by atoms with Crippen LogP contribution in [0.25, 0.3) is 0 Å². The molecule has 2 atom stereocenters. The molecule has 1 aliphatic heterocycles. The number of amides is 1. The van der Waals surface area contributed by atoms with Gasteiger partial charge in [-0.3, -0.25) is 0 Å². The summed E-state index contributed by atoms with van der Waals surface area (Å²) in [6.07, 6.45) is -0.159. The van der Waals surface area contributed by atoms with E-state index in [0.717, 1.165) is 16.7 Å². The van der Waals surface area contributed by atoms with Gasteiger partial charge in [0, 0.05) is 6.54 Å². The highest BCUT2D eigenvalue weighted by molar-refractivity contribution is 6.99. The van der Waals surface area contributed by atoms with Crippen molar-refractivity contribution in [2.75, 3.05) is 13.2 Å². The van der Waals surface area contributed by atoms with Gasteiger partial charge >= 0.3 is 6.09 Å². The van der Waals surface area contributed by atoms with Crippen molar-refractivity contribution in [1.82, 2.24) is 4.90 Å². The molecule has 1 heterocycles. The minimum Gasteiger partial charge on any atom is -0.465 e. The van der Waals surface area contributed by atoms with E-state index >= 15 is 0 Å². The van der Waals surface area contributed by atoms with Gasteiger partial charge in [-0.2, -0.15) is 0 Å². The van der Waals surface area contributed by atoms with Crippen LogP contribution in [0, 0.1) is 5.92 Å². The molecule has 28 heavy (non-hydrogen) atoms. The Balaban J connectivity index is 2.04. The van der Waals surface area contributed by atoms with Gasteiger partial charge in [-0.1, -0.05) is 81.4 Å². The Morgan fingerprint density at radius 3 is 2.00 bits per heavy atom. The molecule has 0 unspecified atom stereocenters. The van der Waals surface area contributed by atoms with Crippen molar-refractivity contribution >= 4 is 31.1 Å². The van der Waals surface area contributed by atoms with Crippen molar-refractivity contribution in [2.45, 2.75) is 31.9 Å². The molecule has 0 radical (unpaired) electrons. The lowest BCUT2D eigenvalue weighted by Gasteiger charge is -2.48. The maximum absolute atomic E-state index is 11.5. The van der Waals surface area contributed by atoms with E-state index in [-0.39, 0.29) is 24.1 Å². The highest BCUT2D eigenvalue weighted by Crippen LogP contribution is 2.37. The highest BCUT2D eigenvalue weighted by Gasteiger charge is 2.52. The molecule has 0 aromatic heterocycles. The number of aldehydes is 1. The lowest BCUT2D eigenvalue weighted by molar-refractivity contribution is -0.119. The Morgan fingerprint density at radius 2 is 1.61 bits per heavy atom. The minimum atomic E-state index is -2.74. The Bertz CT molecular complexity index is 780. The maximum atomic E-state index is 11.5. The molecule has 1 amide bonds. The third-order valence-corrected chi connectivity index (χ3v) is 10.6. The Hall–Kier alpha value is -2.44. The summed E-state index contributed by atoms with van der Waals surface area (Å²) in [6, 6.07) is 20.0. The van der Waals surface area contributed by atoms with E-state index in [1.807, 2.05) is 36.4 Å². The molecule has 2 aromatic carbocycles. The number of likely N-dealkylation sites (tertiary alicyclic amines) is 1. The van der Waals surface area contributed by atoms with Crippen LogP contribution in [0.15, 0.2) is 60.7 Å². The van der Waals surface area contributed by atoms with E-state index < -0.39 is 20.5 Å². The fourth-order valence-electron chi connectivity index (χ4n) is 4.12. The van der Waals surface area contributed by atoms with Crippen LogP contribution in [0.5, 0.6) is 0 Å². The Morgan fingerprint density at radius 1 is 1.11 bits per heavy atom. The van der Waals surface area contributed by atoms with Crippen LogP contribution in [0.3, 0.4) is 0 Å². The number of carbonyl (C=O) groups is 2. The molecule has 6 heteroatoms. The van der Waals surface area contributed by atoms with Gasteiger partial charge in [0.25, 0.3) is 8.32 Å². The van der Waals surface area contributed by atoms with Gasteiger partial charge < -0.3 is 19.2 Å². The summed E-state index contributed by atoms with van der Waals surface area (Å²) in [7, 11) is -2.74. The van der Waals surface area contributed by atoms with Crippen LogP contribution >= 0.6 is 0 Å². The molecule has 1 fully saturated rings. The second kappa shape index (κ2) is 7.89. The molecule has 1 saturated heterocycles. The van der Waals surface area contributed by atoms with Crippen molar-refractivity contribution in [3.8, 4) is 0 Å². The van der Waals surface area contributed by atoms with Crippen LogP contribution in [-0.4, -0.2) is 49.9 Å². The first-order valence-corrected chi connectivity index (χ1v) is 11.4. The van der Waals surface area contributed by atoms with E-state index in [1.165, 1.54) is 4.90 Å². The van der Waals surface area contributed by atoms with E-state index in [0.29, 0.717) is 0 Å². The van der Waals surface area contributed by atoms with E-state index in [1.54, 1.807) is 0 Å². The Labute approximate surface area is 167 Å². The number of hydrogen-bond acceptors (Lipinski definition) is 3. The summed E-state index contributed by atoms with van der Waals surface area (Å²) in [4.78, 5) is 24.1. The van der Waals surface area contributed by atoms with Crippen molar-refractivity contribution in [3.05, 3.63) is 60.7 Å². The lowest BCUT2D eigenvalue weighted by atomic mass is 9.91. The van der Waals surface area contributed by atoms with Gasteiger partial charge in [0.05, 0.1) is 18.6 Å². The fourth-order valence-corrected chi connectivity index (χ4v) is 8.69. The fraction of sp³-hybridized carbons (Fsp3) is 0.364. The normalized spacial score (nSPS) is 19.8. The number of nitrogens with zero attached hydrogens (tertiary/aromatic N) is 1. The average molecular weight is 398 g/mol. The number of hydrogen-bond donors (Lipinski definition) is 1. The summed E-state index contributed by atoms with van der Waals surface area (Å²) >= 11 is 0. The topological polar surface area (TPSA) is 66.8 Å². The lowest BCUT2D eigenvalue weighted by Crippen LogP contribution is -2.69. The van der Waals surface area contributed by atoms with Crippen LogP contribution in [0.2, 0.25) is 5.04 Å². The summed E-state index contributed by atoms with van der Waals surface area (Å²) in [5.74, 6) is -0.311. The standard InChI is InChI=1S/C22H27NO4Si/c1-22(2,3)28(18-10-6-4-7-11-18,19-12-8-5-9-13-19)27-16-20-17(15-24)14-23(20)21(25)26/h4-13,15,17,20H,14,16H2,1-3H3,(H,25,26)/t17-,20-/m0/s1. The third kappa shape index (κ3) is 3.50. The first-order valence-electron chi connectivity index (χ1n) is 9.51. The number of carbonyl (C=O) groups excluding carboxylic acids is 1. The van der Waals surface area contributed by atoms with E-state index in [2.05, 4.69) is 45.0 Å². The first kappa shape index (κ1) is 20.3. The zero-order valence-electron chi connectivity index (χ0n) is 16.5. The average Bonchev–Trinajstić information content (AvgIpc) is 2.65. The van der Waals surface area contributed by atoms with E-state index in [4.69, 9.17) is 4.43 Å². The van der Waals surface area contributed by atoms with Gasteiger partial charge in [0.2, 0.25) is 0 Å². The second-order valence-electron chi connectivity index (χ2n) is 8.28. The van der Waals surface area contributed by atoms with Crippen LogP contribution in [0.4, 0.5) is 4.79 Å². The predicted molar refractivity (Wildman–Crippen MR) is 112 cm³/mol. The second-order valence-corrected chi connectivity index (χ2v) is 12.6. The van der Waals surface area contributed by atoms with Crippen LogP contribution < -0.4 is 10.4 Å². The monoisotopic (exact) mass is 397 g/mol. The summed E-state index contributed by atoms with van der Waals surface area (Å²) < 4.78 is 6.76. The first-order chi connectivity index (χ1) is 13.3. The molecule has 148 valence electrons. The van der Waals surface area contributed by atoms with Gasteiger partial charge in [-0.05, 0) is 15.4 Å². The maximum Gasteiger partial charge on any atom is 0.407 e. The number of rotatable bonds is 6. The smallest absolute Gasteiger partial charge is 0.407 e. The molecular weight excluding hydrogens is 370 g/mol. The number of benzene rings is 2. The van der Waals surface area contributed by atoms with Gasteiger partial charge in [-0.15, -0.1) is 0 Å². The largest absolute Gasteiger partial charge is 0.465 e. The van der Waals surface area contributed by atoms with Crippen molar-refractivity contribution in [1.29, 1.82) is 0 Å². The predicted octanol–water partition coefficient (Wildman–Crippen LogP) is 2.74. The molecular formula is C22H27NO4Si. The third-order valence-electron chi connectivity index (χ3n) is 5.61. The summed E-state index contributed by atoms with van der Waals surface area (Å²) in [5, 5.41) is 11.5. The SMILES string of the molecule is CC(C)(C)[Si](OC[C@H]1[C@H](C=O)CN1C(=O)O)(c1ccccc1)c1ccccc1. The zero-order valence-corrected chi connectivity index (χ0v) is 17.5. The molecule has 0 aliphatic carbocycles.